The Labute approximate surface area is 131 Å². The third-order valence-corrected chi connectivity index (χ3v) is 4.37. The molecule has 1 aromatic heterocycles. The fourth-order valence-electron chi connectivity index (χ4n) is 2.95. The van der Waals surface area contributed by atoms with Gasteiger partial charge in [0.1, 0.15) is 6.54 Å². The molecule has 4 nitrogen and oxygen atoms in total. The normalized spacial score (nSPS) is 15.8. The molecule has 2 heterocycles. The molecule has 0 saturated carbocycles. The third-order valence-electron chi connectivity index (χ3n) is 4.37. The third kappa shape index (κ3) is 3.34. The molecule has 0 spiro atoms. The second-order valence-corrected chi connectivity index (χ2v) is 5.89. The number of benzene rings is 1. The number of amides is 1. The molecule has 1 saturated heterocycles. The molecule has 1 amide bonds. The summed E-state index contributed by atoms with van der Waals surface area (Å²) in [5.74, 6) is 0.100. The van der Waals surface area contributed by atoms with E-state index in [-0.39, 0.29) is 5.91 Å². The van der Waals surface area contributed by atoms with Gasteiger partial charge in [0.05, 0.1) is 31.7 Å². The maximum absolute atomic E-state index is 12.4. The molecular formula is C18H22N3O+. The van der Waals surface area contributed by atoms with Crippen LogP contribution in [0, 0.1) is 6.92 Å². The zero-order valence-corrected chi connectivity index (χ0v) is 13.0. The van der Waals surface area contributed by atoms with Crippen LogP contribution >= 0.6 is 0 Å². The molecular weight excluding hydrogens is 274 g/mol. The smallest absolute Gasteiger partial charge is 0.255 e. The Morgan fingerprint density at radius 1 is 1.18 bits per heavy atom. The molecule has 1 aromatic carbocycles. The van der Waals surface area contributed by atoms with Gasteiger partial charge in [-0.25, -0.2) is 0 Å². The van der Waals surface area contributed by atoms with Gasteiger partial charge in [-0.3, -0.25) is 9.78 Å². The molecule has 1 N–H and O–H groups in total. The summed E-state index contributed by atoms with van der Waals surface area (Å²) in [6.45, 7) is 6.84. The zero-order valence-electron chi connectivity index (χ0n) is 13.0. The highest BCUT2D eigenvalue weighted by atomic mass is 16.2. The Hall–Kier alpha value is -2.20. The number of aromatic nitrogens is 1. The van der Waals surface area contributed by atoms with Gasteiger partial charge in [0.2, 0.25) is 0 Å². The Morgan fingerprint density at radius 3 is 2.64 bits per heavy atom. The van der Waals surface area contributed by atoms with Crippen molar-refractivity contribution in [1.82, 2.24) is 9.88 Å². The van der Waals surface area contributed by atoms with Gasteiger partial charge in [0.15, 0.2) is 0 Å². The highest BCUT2D eigenvalue weighted by Gasteiger charge is 2.24. The first-order chi connectivity index (χ1) is 10.7. The van der Waals surface area contributed by atoms with Crippen molar-refractivity contribution in [2.24, 2.45) is 0 Å². The molecule has 22 heavy (non-hydrogen) atoms. The van der Waals surface area contributed by atoms with E-state index in [1.165, 1.54) is 11.1 Å². The van der Waals surface area contributed by atoms with Crippen LogP contribution in [0.15, 0.2) is 48.8 Å². The quantitative estimate of drug-likeness (QED) is 0.915. The van der Waals surface area contributed by atoms with Crippen LogP contribution < -0.4 is 4.90 Å². The van der Waals surface area contributed by atoms with E-state index >= 15 is 0 Å². The van der Waals surface area contributed by atoms with Crippen LogP contribution in [0.3, 0.4) is 0 Å². The number of nitrogens with zero attached hydrogens (tertiary/aromatic N) is 2. The van der Waals surface area contributed by atoms with Gasteiger partial charge in [-0.05, 0) is 24.6 Å². The van der Waals surface area contributed by atoms with Crippen molar-refractivity contribution >= 4 is 5.91 Å². The van der Waals surface area contributed by atoms with E-state index in [1.807, 2.05) is 17.0 Å². The van der Waals surface area contributed by atoms with Crippen molar-refractivity contribution in [2.75, 3.05) is 26.2 Å². The Balaban J connectivity index is 1.57. The van der Waals surface area contributed by atoms with Gasteiger partial charge in [0.25, 0.3) is 5.91 Å². The topological polar surface area (TPSA) is 37.6 Å². The molecule has 0 radical (unpaired) electrons. The van der Waals surface area contributed by atoms with Crippen LogP contribution in [0.1, 0.15) is 21.5 Å². The van der Waals surface area contributed by atoms with Gasteiger partial charge >= 0.3 is 0 Å². The number of hydrogen-bond acceptors (Lipinski definition) is 2. The number of rotatable bonds is 3. The minimum absolute atomic E-state index is 0.100. The molecule has 0 aliphatic carbocycles. The van der Waals surface area contributed by atoms with Crippen molar-refractivity contribution in [3.05, 3.63) is 65.5 Å². The van der Waals surface area contributed by atoms with E-state index in [9.17, 15) is 4.79 Å². The summed E-state index contributed by atoms with van der Waals surface area (Å²) in [5.41, 5.74) is 3.44. The van der Waals surface area contributed by atoms with E-state index in [2.05, 4.69) is 36.2 Å². The first kappa shape index (κ1) is 14.7. The molecule has 2 aromatic rings. The monoisotopic (exact) mass is 296 g/mol. The van der Waals surface area contributed by atoms with Gasteiger partial charge in [-0.1, -0.05) is 24.3 Å². The predicted molar refractivity (Wildman–Crippen MR) is 85.7 cm³/mol. The maximum Gasteiger partial charge on any atom is 0.255 e. The summed E-state index contributed by atoms with van der Waals surface area (Å²) >= 11 is 0. The molecule has 1 aliphatic heterocycles. The second kappa shape index (κ2) is 6.71. The largest absolute Gasteiger partial charge is 0.328 e. The number of quaternary nitrogens is 1. The standard InChI is InChI=1S/C18H21N3O/c1-15-5-2-3-6-17(15)14-20-9-11-21(12-10-20)18(22)16-7-4-8-19-13-16/h2-8,13H,9-12,14H2,1H3/p+1. The summed E-state index contributed by atoms with van der Waals surface area (Å²) in [4.78, 5) is 19.9. The highest BCUT2D eigenvalue weighted by Crippen LogP contribution is 2.06. The highest BCUT2D eigenvalue weighted by molar-refractivity contribution is 5.93. The lowest BCUT2D eigenvalue weighted by Crippen LogP contribution is -3.13. The molecule has 0 bridgehead atoms. The van der Waals surface area contributed by atoms with E-state index in [0.717, 1.165) is 32.7 Å². The van der Waals surface area contributed by atoms with Gasteiger partial charge < -0.3 is 9.80 Å². The van der Waals surface area contributed by atoms with Crippen LogP contribution in [0.5, 0.6) is 0 Å². The summed E-state index contributed by atoms with van der Waals surface area (Å²) < 4.78 is 0. The SMILES string of the molecule is Cc1ccccc1C[NH+]1CCN(C(=O)c2cccnc2)CC1. The minimum Gasteiger partial charge on any atom is -0.328 e. The number of hydrogen-bond donors (Lipinski definition) is 1. The molecule has 1 fully saturated rings. The lowest BCUT2D eigenvalue weighted by molar-refractivity contribution is -0.917. The predicted octanol–water partition coefficient (Wildman–Crippen LogP) is 0.931. The first-order valence-electron chi connectivity index (χ1n) is 7.81. The Morgan fingerprint density at radius 2 is 1.95 bits per heavy atom. The van der Waals surface area contributed by atoms with E-state index in [1.54, 1.807) is 17.3 Å². The molecule has 4 heteroatoms. The van der Waals surface area contributed by atoms with Crippen LogP contribution in [0.25, 0.3) is 0 Å². The first-order valence-corrected chi connectivity index (χ1v) is 7.81. The summed E-state index contributed by atoms with van der Waals surface area (Å²) in [5, 5.41) is 0. The van der Waals surface area contributed by atoms with Gasteiger partial charge in [-0.2, -0.15) is 0 Å². The summed E-state index contributed by atoms with van der Waals surface area (Å²) in [7, 11) is 0. The maximum atomic E-state index is 12.4. The number of carbonyl (C=O) groups excluding carboxylic acids is 1. The number of piperazine rings is 1. The van der Waals surface area contributed by atoms with Crippen molar-refractivity contribution in [1.29, 1.82) is 0 Å². The van der Waals surface area contributed by atoms with Crippen LogP contribution in [0.4, 0.5) is 0 Å². The number of carbonyl (C=O) groups is 1. The minimum atomic E-state index is 0.100. The van der Waals surface area contributed by atoms with Crippen molar-refractivity contribution in [2.45, 2.75) is 13.5 Å². The van der Waals surface area contributed by atoms with Crippen LogP contribution in [-0.4, -0.2) is 42.0 Å². The molecule has 0 unspecified atom stereocenters. The number of nitrogens with one attached hydrogen (secondary N) is 1. The lowest BCUT2D eigenvalue weighted by Gasteiger charge is -2.32. The average Bonchev–Trinajstić information content (AvgIpc) is 2.58. The van der Waals surface area contributed by atoms with Crippen LogP contribution in [0.2, 0.25) is 0 Å². The molecule has 3 rings (SSSR count). The van der Waals surface area contributed by atoms with Crippen molar-refractivity contribution in [3.63, 3.8) is 0 Å². The fraction of sp³-hybridized carbons (Fsp3) is 0.333. The van der Waals surface area contributed by atoms with E-state index < -0.39 is 0 Å². The molecule has 114 valence electrons. The summed E-state index contributed by atoms with van der Waals surface area (Å²) in [6, 6.07) is 12.2. The fourth-order valence-corrected chi connectivity index (χ4v) is 2.95. The van der Waals surface area contributed by atoms with E-state index in [4.69, 9.17) is 0 Å². The molecule has 0 atom stereocenters. The number of aryl methyl sites for hydroxylation is 1. The Kier molecular flexibility index (Phi) is 4.49. The zero-order chi connectivity index (χ0) is 15.4. The number of pyridine rings is 1. The Bertz CT molecular complexity index is 634. The van der Waals surface area contributed by atoms with Gasteiger partial charge in [-0.15, -0.1) is 0 Å². The van der Waals surface area contributed by atoms with E-state index in [0.29, 0.717) is 5.56 Å². The van der Waals surface area contributed by atoms with Crippen molar-refractivity contribution in [3.8, 4) is 0 Å². The average molecular weight is 296 g/mol. The van der Waals surface area contributed by atoms with Gasteiger partial charge in [0, 0.05) is 18.0 Å². The lowest BCUT2D eigenvalue weighted by atomic mass is 10.1. The summed E-state index contributed by atoms with van der Waals surface area (Å²) in [6.07, 6.45) is 3.34. The van der Waals surface area contributed by atoms with Crippen LogP contribution in [-0.2, 0) is 6.54 Å². The molecule has 1 aliphatic rings. The van der Waals surface area contributed by atoms with Crippen molar-refractivity contribution < 1.29 is 9.69 Å². The second-order valence-electron chi connectivity index (χ2n) is 5.89.